The van der Waals surface area contributed by atoms with E-state index in [-0.39, 0.29) is 24.2 Å². The molecule has 0 saturated carbocycles. The zero-order valence-electron chi connectivity index (χ0n) is 11.2. The topological polar surface area (TPSA) is 72.2 Å². The van der Waals surface area contributed by atoms with Crippen LogP contribution in [0.1, 0.15) is 18.0 Å². The van der Waals surface area contributed by atoms with Crippen LogP contribution >= 0.6 is 11.6 Å². The van der Waals surface area contributed by atoms with Gasteiger partial charge >= 0.3 is 0 Å². The van der Waals surface area contributed by atoms with Crippen LogP contribution in [0.25, 0.3) is 11.3 Å². The highest BCUT2D eigenvalue weighted by molar-refractivity contribution is 7.91. The van der Waals surface area contributed by atoms with E-state index in [4.69, 9.17) is 11.6 Å². The first-order valence-corrected chi connectivity index (χ1v) is 8.85. The van der Waals surface area contributed by atoms with Crippen LogP contribution in [-0.4, -0.2) is 34.8 Å². The van der Waals surface area contributed by atoms with Crippen LogP contribution in [0.4, 0.5) is 0 Å². The van der Waals surface area contributed by atoms with Crippen molar-refractivity contribution in [3.63, 3.8) is 0 Å². The predicted octanol–water partition coefficient (Wildman–Crippen LogP) is 2.06. The van der Waals surface area contributed by atoms with E-state index in [1.54, 1.807) is 4.68 Å². The smallest absolute Gasteiger partial charge is 0.152 e. The molecule has 2 aromatic rings. The van der Waals surface area contributed by atoms with E-state index in [2.05, 4.69) is 5.10 Å². The summed E-state index contributed by atoms with van der Waals surface area (Å²) in [5, 5.41) is 14.3. The molecule has 1 aromatic carbocycles. The van der Waals surface area contributed by atoms with Gasteiger partial charge in [-0.25, -0.2) is 13.1 Å². The number of halogens is 1. The summed E-state index contributed by atoms with van der Waals surface area (Å²) in [4.78, 5) is 0. The summed E-state index contributed by atoms with van der Waals surface area (Å²) in [6.07, 6.45) is 0.503. The van der Waals surface area contributed by atoms with Crippen molar-refractivity contribution in [1.82, 2.24) is 9.78 Å². The third kappa shape index (κ3) is 2.71. The molecule has 0 spiro atoms. The second-order valence-corrected chi connectivity index (χ2v) is 7.73. The highest BCUT2D eigenvalue weighted by Crippen LogP contribution is 2.33. The van der Waals surface area contributed by atoms with E-state index in [9.17, 15) is 13.5 Å². The van der Waals surface area contributed by atoms with E-state index in [0.717, 1.165) is 5.56 Å². The summed E-state index contributed by atoms with van der Waals surface area (Å²) >= 11 is 6.30. The Bertz CT molecular complexity index is 756. The summed E-state index contributed by atoms with van der Waals surface area (Å²) in [7, 11) is -3.02. The molecular weight excluding hydrogens is 312 g/mol. The lowest BCUT2D eigenvalue weighted by atomic mass is 10.1. The van der Waals surface area contributed by atoms with E-state index in [0.29, 0.717) is 22.8 Å². The lowest BCUT2D eigenvalue weighted by Crippen LogP contribution is -2.12. The second kappa shape index (κ2) is 5.44. The average molecular weight is 327 g/mol. The normalized spacial score (nSPS) is 20.8. The lowest BCUT2D eigenvalue weighted by molar-refractivity contribution is 0.282. The second-order valence-electron chi connectivity index (χ2n) is 5.14. The van der Waals surface area contributed by atoms with Crippen LogP contribution in [-0.2, 0) is 16.4 Å². The Morgan fingerprint density at radius 2 is 2.05 bits per heavy atom. The number of aromatic nitrogens is 2. The lowest BCUT2D eigenvalue weighted by Gasteiger charge is -2.09. The molecule has 1 fully saturated rings. The van der Waals surface area contributed by atoms with Crippen molar-refractivity contribution in [3.8, 4) is 11.3 Å². The van der Waals surface area contributed by atoms with Crippen molar-refractivity contribution in [2.24, 2.45) is 0 Å². The summed E-state index contributed by atoms with van der Waals surface area (Å²) in [5.41, 5.74) is 1.99. The molecule has 0 amide bonds. The summed E-state index contributed by atoms with van der Waals surface area (Å²) in [6, 6.07) is 9.16. The van der Waals surface area contributed by atoms with Gasteiger partial charge in [-0.1, -0.05) is 41.9 Å². The van der Waals surface area contributed by atoms with E-state index in [1.807, 2.05) is 30.3 Å². The van der Waals surface area contributed by atoms with E-state index in [1.165, 1.54) is 0 Å². The fraction of sp³-hybridized carbons (Fsp3) is 0.357. The molecule has 1 saturated heterocycles. The van der Waals surface area contributed by atoms with Gasteiger partial charge < -0.3 is 5.11 Å². The van der Waals surface area contributed by atoms with E-state index >= 15 is 0 Å². The number of aliphatic hydroxyl groups excluding tert-OH is 1. The predicted molar refractivity (Wildman–Crippen MR) is 80.9 cm³/mol. The minimum absolute atomic E-state index is 0.0491. The first-order valence-electron chi connectivity index (χ1n) is 6.65. The van der Waals surface area contributed by atoms with Gasteiger partial charge in [-0.05, 0) is 6.42 Å². The number of aliphatic hydroxyl groups is 1. The standard InChI is InChI=1S/C14H15ClN2O3S/c15-14-12(8-18)13(10-4-2-1-3-5-10)16-17(14)11-6-7-21(19,20)9-11/h1-5,11,18H,6-9H2. The average Bonchev–Trinajstić information content (AvgIpc) is 2.99. The van der Waals surface area contributed by atoms with Gasteiger partial charge in [-0.3, -0.25) is 0 Å². The third-order valence-electron chi connectivity index (χ3n) is 3.70. The summed E-state index contributed by atoms with van der Waals surface area (Å²) in [6.45, 7) is -0.234. The Balaban J connectivity index is 2.06. The molecule has 1 aliphatic heterocycles. The zero-order chi connectivity index (χ0) is 15.0. The molecule has 0 bridgehead atoms. The largest absolute Gasteiger partial charge is 0.391 e. The van der Waals surface area contributed by atoms with Crippen molar-refractivity contribution in [1.29, 1.82) is 0 Å². The summed E-state index contributed by atoms with van der Waals surface area (Å²) in [5.74, 6) is 0.205. The van der Waals surface area contributed by atoms with Crippen LogP contribution < -0.4 is 0 Å². The molecule has 1 atom stereocenters. The fourth-order valence-corrected chi connectivity index (χ4v) is 4.64. The molecule has 0 aliphatic carbocycles. The highest BCUT2D eigenvalue weighted by atomic mass is 35.5. The number of benzene rings is 1. The van der Waals surface area contributed by atoms with Crippen molar-refractivity contribution in [2.75, 3.05) is 11.5 Å². The van der Waals surface area contributed by atoms with Crippen molar-refractivity contribution in [2.45, 2.75) is 19.1 Å². The highest BCUT2D eigenvalue weighted by Gasteiger charge is 2.32. The molecule has 0 radical (unpaired) electrons. The van der Waals surface area contributed by atoms with Gasteiger partial charge in [0.2, 0.25) is 0 Å². The minimum Gasteiger partial charge on any atom is -0.391 e. The van der Waals surface area contributed by atoms with Crippen molar-refractivity contribution in [3.05, 3.63) is 41.0 Å². The Hall–Kier alpha value is -1.37. The minimum atomic E-state index is -3.02. The Kier molecular flexibility index (Phi) is 3.77. The maximum absolute atomic E-state index is 11.6. The van der Waals surface area contributed by atoms with Gasteiger partial charge in [0, 0.05) is 11.1 Å². The quantitative estimate of drug-likeness (QED) is 0.937. The molecule has 112 valence electrons. The van der Waals surface area contributed by atoms with Crippen molar-refractivity contribution >= 4 is 21.4 Å². The number of rotatable bonds is 3. The van der Waals surface area contributed by atoms with Gasteiger partial charge in [-0.2, -0.15) is 5.10 Å². The van der Waals surface area contributed by atoms with Gasteiger partial charge in [-0.15, -0.1) is 0 Å². The van der Waals surface area contributed by atoms with E-state index < -0.39 is 9.84 Å². The van der Waals surface area contributed by atoms with Gasteiger partial charge in [0.05, 0.1) is 29.8 Å². The van der Waals surface area contributed by atoms with Gasteiger partial charge in [0.15, 0.2) is 9.84 Å². The number of hydrogen-bond donors (Lipinski definition) is 1. The molecule has 1 unspecified atom stereocenters. The maximum atomic E-state index is 11.6. The number of sulfone groups is 1. The van der Waals surface area contributed by atoms with Crippen LogP contribution in [0.3, 0.4) is 0 Å². The van der Waals surface area contributed by atoms with Crippen LogP contribution in [0.2, 0.25) is 5.15 Å². The first kappa shape index (κ1) is 14.6. The van der Waals surface area contributed by atoms with Crippen LogP contribution in [0.5, 0.6) is 0 Å². The molecule has 1 aliphatic rings. The van der Waals surface area contributed by atoms with Gasteiger partial charge in [0.1, 0.15) is 5.15 Å². The van der Waals surface area contributed by atoms with Crippen LogP contribution in [0, 0.1) is 0 Å². The molecular formula is C14H15ClN2O3S. The van der Waals surface area contributed by atoms with Crippen LogP contribution in [0.15, 0.2) is 30.3 Å². The van der Waals surface area contributed by atoms with Crippen molar-refractivity contribution < 1.29 is 13.5 Å². The molecule has 21 heavy (non-hydrogen) atoms. The Labute approximate surface area is 128 Å². The third-order valence-corrected chi connectivity index (χ3v) is 5.86. The van der Waals surface area contributed by atoms with Gasteiger partial charge in [0.25, 0.3) is 0 Å². The zero-order valence-corrected chi connectivity index (χ0v) is 12.8. The fourth-order valence-electron chi connectivity index (χ4n) is 2.63. The molecule has 1 aromatic heterocycles. The molecule has 5 nitrogen and oxygen atoms in total. The molecule has 3 rings (SSSR count). The molecule has 7 heteroatoms. The first-order chi connectivity index (χ1) is 10.0. The maximum Gasteiger partial charge on any atom is 0.152 e. The molecule has 2 heterocycles. The Morgan fingerprint density at radius 3 is 2.62 bits per heavy atom. The molecule has 1 N–H and O–H groups in total. The number of hydrogen-bond acceptors (Lipinski definition) is 4. The SMILES string of the molecule is O=S1(=O)CCC(n2nc(-c3ccccc3)c(CO)c2Cl)C1. The number of nitrogens with zero attached hydrogens (tertiary/aromatic N) is 2. The monoisotopic (exact) mass is 326 g/mol. The summed E-state index contributed by atoms with van der Waals surface area (Å²) < 4.78 is 24.8. The Morgan fingerprint density at radius 1 is 1.33 bits per heavy atom.